The minimum atomic E-state index is -0.205. The van der Waals surface area contributed by atoms with Crippen LogP contribution >= 0.6 is 22.7 Å². The van der Waals surface area contributed by atoms with Crippen LogP contribution in [0.2, 0.25) is 0 Å². The Bertz CT molecular complexity index is 5170. The lowest BCUT2D eigenvalue weighted by molar-refractivity contribution is 0.0521. The SMILES string of the molecule is C.Cc1cccc2c1N1C(C)c3c(oc4ccccc34)C1(C)C(C)(C)C2(C)C.Cc1cccc2c1N1C(C)c3c(oc4ccccc34)C1(C)C(C)(C)C2(C)C.Cc1ccccc1N1C(C)c2c(sc3ccccc23)C12CCCC2.Cc1ccccc1N1[C@@H](C)c2c(sc3ccccc23)C12CCCCC2. The fourth-order valence-electron chi connectivity index (χ4n) is 22.2. The van der Waals surface area contributed by atoms with Gasteiger partial charge in [-0.05, 0) is 197 Å². The van der Waals surface area contributed by atoms with E-state index in [1.807, 2.05) is 11.3 Å². The molecule has 12 aromatic rings. The van der Waals surface area contributed by atoms with Crippen molar-refractivity contribution >= 4 is 87.5 Å². The first-order chi connectivity index (χ1) is 49.2. The van der Waals surface area contributed by atoms with Gasteiger partial charge in [-0.2, -0.15) is 0 Å². The minimum Gasteiger partial charge on any atom is -0.458 e. The van der Waals surface area contributed by atoms with E-state index in [1.165, 1.54) is 156 Å². The lowest BCUT2D eigenvalue weighted by Gasteiger charge is -2.61. The van der Waals surface area contributed by atoms with Crippen LogP contribution in [0.25, 0.3) is 42.1 Å². The summed E-state index contributed by atoms with van der Waals surface area (Å²) in [7, 11) is 0. The zero-order valence-electron chi connectivity index (χ0n) is 64.4. The summed E-state index contributed by atoms with van der Waals surface area (Å²) in [6, 6.07) is 68.0. The Kier molecular flexibility index (Phi) is 16.6. The third-order valence-corrected chi connectivity index (χ3v) is 31.9. The normalized spacial score (nSPS) is 24.5. The Morgan fingerprint density at radius 1 is 0.337 bits per heavy atom. The van der Waals surface area contributed by atoms with E-state index in [-0.39, 0.29) is 63.3 Å². The second kappa shape index (κ2) is 24.5. The molecule has 104 heavy (non-hydrogen) atoms. The van der Waals surface area contributed by atoms with Crippen molar-refractivity contribution < 1.29 is 8.83 Å². The summed E-state index contributed by atoms with van der Waals surface area (Å²) >= 11 is 4.11. The quantitative estimate of drug-likeness (QED) is 0.172. The first-order valence-electron chi connectivity index (χ1n) is 38.8. The van der Waals surface area contributed by atoms with Gasteiger partial charge in [0, 0.05) is 74.6 Å². The molecule has 0 amide bonds. The van der Waals surface area contributed by atoms with Crippen LogP contribution in [0, 0.1) is 38.5 Å². The van der Waals surface area contributed by atoms with Gasteiger partial charge in [0.1, 0.15) is 33.8 Å². The lowest BCUT2D eigenvalue weighted by Crippen LogP contribution is -2.62. The predicted octanol–water partition coefficient (Wildman–Crippen LogP) is 27.9. The number of rotatable bonds is 2. The van der Waals surface area contributed by atoms with E-state index in [9.17, 15) is 0 Å². The van der Waals surface area contributed by atoms with Crippen LogP contribution in [0.15, 0.2) is 191 Å². The van der Waals surface area contributed by atoms with Crippen LogP contribution in [0.3, 0.4) is 0 Å². The van der Waals surface area contributed by atoms with E-state index < -0.39 is 0 Å². The maximum absolute atomic E-state index is 6.60. The number of para-hydroxylation sites is 6. The summed E-state index contributed by atoms with van der Waals surface area (Å²) in [5.74, 6) is 2.31. The maximum atomic E-state index is 6.60. The molecular formula is C96H110N4O2S2. The summed E-state index contributed by atoms with van der Waals surface area (Å²) in [4.78, 5) is 14.2. The molecule has 6 nitrogen and oxygen atoms in total. The molecule has 4 aromatic heterocycles. The first kappa shape index (κ1) is 70.3. The zero-order valence-corrected chi connectivity index (χ0v) is 66.0. The number of benzene rings is 8. The molecule has 8 heteroatoms. The van der Waals surface area contributed by atoms with Gasteiger partial charge in [-0.1, -0.05) is 241 Å². The zero-order chi connectivity index (χ0) is 72.0. The maximum Gasteiger partial charge on any atom is 0.136 e. The van der Waals surface area contributed by atoms with Crippen LogP contribution in [0.5, 0.6) is 0 Å². The molecule has 2 saturated carbocycles. The van der Waals surface area contributed by atoms with E-state index in [4.69, 9.17) is 8.83 Å². The van der Waals surface area contributed by atoms with Crippen LogP contribution in [-0.4, -0.2) is 0 Å². The predicted molar refractivity (Wildman–Crippen MR) is 444 cm³/mol. The van der Waals surface area contributed by atoms with Gasteiger partial charge in [0.05, 0.1) is 35.2 Å². The van der Waals surface area contributed by atoms with E-state index in [1.54, 1.807) is 20.9 Å². The number of anilines is 4. The molecule has 0 saturated heterocycles. The van der Waals surface area contributed by atoms with Crippen molar-refractivity contribution in [2.24, 2.45) is 10.8 Å². The highest BCUT2D eigenvalue weighted by Gasteiger charge is 2.68. The summed E-state index contributed by atoms with van der Waals surface area (Å²) in [6.45, 7) is 42.6. The molecule has 0 bridgehead atoms. The third kappa shape index (κ3) is 9.21. The second-order valence-electron chi connectivity index (χ2n) is 34.5. The average Bonchev–Trinajstić information content (AvgIpc) is 1.45. The van der Waals surface area contributed by atoms with Gasteiger partial charge < -0.3 is 28.4 Å². The van der Waals surface area contributed by atoms with Gasteiger partial charge in [0.15, 0.2) is 0 Å². The number of fused-ring (bicyclic) bond motifs is 22. The van der Waals surface area contributed by atoms with Crippen molar-refractivity contribution in [3.05, 3.63) is 259 Å². The van der Waals surface area contributed by atoms with Gasteiger partial charge in [-0.15, -0.1) is 22.7 Å². The highest BCUT2D eigenvalue weighted by atomic mass is 32.1. The molecule has 5 unspecified atom stereocenters. The van der Waals surface area contributed by atoms with Gasteiger partial charge in [0.25, 0.3) is 0 Å². The van der Waals surface area contributed by atoms with Crippen molar-refractivity contribution in [1.82, 2.24) is 0 Å². The lowest BCUT2D eigenvalue weighted by atomic mass is 9.52. The fourth-order valence-corrected chi connectivity index (χ4v) is 25.3. The number of furan rings is 2. The summed E-state index contributed by atoms with van der Waals surface area (Å²) in [6.07, 6.45) is 12.0. The van der Waals surface area contributed by atoms with E-state index in [0.29, 0.717) is 12.1 Å². The average molecular weight is 1420 g/mol. The Morgan fingerprint density at radius 3 is 1.04 bits per heavy atom. The molecule has 2 spiro atoms. The molecule has 2 aliphatic carbocycles. The van der Waals surface area contributed by atoms with E-state index in [2.05, 4.69) is 338 Å². The third-order valence-electron chi connectivity index (χ3n) is 29.1. The summed E-state index contributed by atoms with van der Waals surface area (Å²) < 4.78 is 16.1. The fraction of sp³-hybridized carbons (Fsp3) is 0.417. The molecule has 0 N–H and O–H groups in total. The van der Waals surface area contributed by atoms with Gasteiger partial charge in [-0.25, -0.2) is 0 Å². The number of nitrogens with zero attached hydrogens (tertiary/aromatic N) is 4. The highest BCUT2D eigenvalue weighted by molar-refractivity contribution is 7.20. The monoisotopic (exact) mass is 1410 g/mol. The van der Waals surface area contributed by atoms with Crippen molar-refractivity contribution in [3.8, 4) is 0 Å². The molecular weight excluding hydrogens is 1310 g/mol. The molecule has 8 aliphatic rings. The number of hydrogen-bond acceptors (Lipinski definition) is 8. The Morgan fingerprint density at radius 2 is 0.654 bits per heavy atom. The first-order valence-corrected chi connectivity index (χ1v) is 40.4. The molecule has 8 aromatic carbocycles. The number of thiophene rings is 2. The Hall–Kier alpha value is -8.04. The van der Waals surface area contributed by atoms with Crippen LogP contribution in [-0.2, 0) is 33.0 Å². The molecule has 6 aliphatic heterocycles. The van der Waals surface area contributed by atoms with Gasteiger partial charge in [0.2, 0.25) is 0 Å². The van der Waals surface area contributed by atoms with Gasteiger partial charge >= 0.3 is 0 Å². The summed E-state index contributed by atoms with van der Waals surface area (Å²) in [5, 5.41) is 5.49. The highest BCUT2D eigenvalue weighted by Crippen LogP contribution is 2.71. The second-order valence-corrected chi connectivity index (χ2v) is 36.6. The van der Waals surface area contributed by atoms with Crippen LogP contribution < -0.4 is 19.6 Å². The van der Waals surface area contributed by atoms with Crippen LogP contribution in [0.4, 0.5) is 22.7 Å². The van der Waals surface area contributed by atoms with Crippen LogP contribution in [0.1, 0.15) is 263 Å². The van der Waals surface area contributed by atoms with Crippen molar-refractivity contribution in [2.45, 2.75) is 247 Å². The molecule has 20 rings (SSSR count). The summed E-state index contributed by atoms with van der Waals surface area (Å²) in [5.41, 5.74) is 22.0. The number of hydrogen-bond donors (Lipinski definition) is 0. The Balaban J connectivity index is 0.000000107. The van der Waals surface area contributed by atoms with Crippen molar-refractivity contribution in [3.63, 3.8) is 0 Å². The van der Waals surface area contributed by atoms with Crippen molar-refractivity contribution in [2.75, 3.05) is 19.6 Å². The minimum absolute atomic E-state index is 0. The molecule has 6 atom stereocenters. The molecule has 0 radical (unpaired) electrons. The standard InChI is InChI=1S/2C25H29NO.C23H25NS.C22H23NS.CH4/c2*1-15-11-10-13-18-21(15)26-16(2)20-17-12-8-9-14-19(17)27-22(20)25(26,7)24(5,6)23(18,3)4;1-16-10-4-6-12-19(16)24-17(2)21-18-11-5-7-13-20(18)25-22(21)23(24)14-8-3-9-15-23;1-15-9-3-5-11-18(15)23-16(2)20-17-10-4-6-12-19(17)24-21(20)22(23)13-7-8-14-22;/h2*8-14,16H,1-7H3;4-7,10-13,17H,3,8-9,14-15H2,1-2H3;3-6,9-12,16H,7-8,13-14H2,1-2H3;1H4/t;;17-;;/m..0../s1. The molecule has 10 heterocycles. The van der Waals surface area contributed by atoms with E-state index in [0.717, 1.165) is 22.7 Å². The largest absolute Gasteiger partial charge is 0.458 e. The molecule has 2 fully saturated rings. The smallest absolute Gasteiger partial charge is 0.136 e. The molecule has 538 valence electrons. The van der Waals surface area contributed by atoms with E-state index >= 15 is 0 Å². The Labute approximate surface area is 628 Å². The van der Waals surface area contributed by atoms with Crippen molar-refractivity contribution in [1.29, 1.82) is 0 Å². The number of aryl methyl sites for hydroxylation is 4. The topological polar surface area (TPSA) is 39.2 Å². The van der Waals surface area contributed by atoms with Gasteiger partial charge in [-0.3, -0.25) is 0 Å².